The zero-order valence-electron chi connectivity index (χ0n) is 11.8. The number of amides is 1. The van der Waals surface area contributed by atoms with E-state index in [4.69, 9.17) is 21.4 Å². The lowest BCUT2D eigenvalue weighted by atomic mass is 10.2. The summed E-state index contributed by atoms with van der Waals surface area (Å²) >= 11 is 5.98. The van der Waals surface area contributed by atoms with Crippen molar-refractivity contribution < 1.29 is 19.4 Å². The van der Waals surface area contributed by atoms with Gasteiger partial charge in [0.25, 0.3) is 5.91 Å². The molecule has 114 valence electrons. The van der Waals surface area contributed by atoms with E-state index in [9.17, 15) is 9.59 Å². The van der Waals surface area contributed by atoms with Gasteiger partial charge < -0.3 is 15.2 Å². The van der Waals surface area contributed by atoms with Gasteiger partial charge >= 0.3 is 5.97 Å². The van der Waals surface area contributed by atoms with E-state index in [1.807, 2.05) is 13.0 Å². The molecule has 5 nitrogen and oxygen atoms in total. The van der Waals surface area contributed by atoms with Crippen molar-refractivity contribution in [2.45, 2.75) is 6.92 Å². The molecule has 0 aliphatic carbocycles. The number of carboxylic acids is 1. The first kappa shape index (κ1) is 15.9. The molecule has 22 heavy (non-hydrogen) atoms. The van der Waals surface area contributed by atoms with Crippen LogP contribution in [0.1, 0.15) is 15.9 Å². The van der Waals surface area contributed by atoms with Crippen LogP contribution >= 0.6 is 11.6 Å². The monoisotopic (exact) mass is 319 g/mol. The van der Waals surface area contributed by atoms with E-state index >= 15 is 0 Å². The first-order valence-corrected chi connectivity index (χ1v) is 6.85. The number of anilines is 1. The molecule has 0 unspecified atom stereocenters. The Hall–Kier alpha value is -2.53. The second-order valence-corrected chi connectivity index (χ2v) is 5.04. The largest absolute Gasteiger partial charge is 0.484 e. The Balaban J connectivity index is 1.89. The van der Waals surface area contributed by atoms with Crippen molar-refractivity contribution in [3.05, 3.63) is 58.6 Å². The normalized spacial score (nSPS) is 10.1. The highest BCUT2D eigenvalue weighted by Crippen LogP contribution is 2.20. The van der Waals surface area contributed by atoms with Crippen molar-refractivity contribution in [3.8, 4) is 5.75 Å². The zero-order chi connectivity index (χ0) is 16.1. The first-order chi connectivity index (χ1) is 10.5. The molecule has 2 aromatic carbocycles. The van der Waals surface area contributed by atoms with Crippen LogP contribution in [0.4, 0.5) is 5.69 Å². The third-order valence-corrected chi connectivity index (χ3v) is 3.33. The number of aromatic carboxylic acids is 1. The lowest BCUT2D eigenvalue weighted by Crippen LogP contribution is -2.20. The van der Waals surface area contributed by atoms with Gasteiger partial charge in [0.15, 0.2) is 6.61 Å². The number of nitrogens with one attached hydrogen (secondary N) is 1. The van der Waals surface area contributed by atoms with Crippen LogP contribution < -0.4 is 10.1 Å². The van der Waals surface area contributed by atoms with Gasteiger partial charge in [0.1, 0.15) is 5.75 Å². The van der Waals surface area contributed by atoms with Crippen LogP contribution in [0.3, 0.4) is 0 Å². The highest BCUT2D eigenvalue weighted by molar-refractivity contribution is 6.31. The van der Waals surface area contributed by atoms with E-state index in [0.717, 1.165) is 5.56 Å². The molecule has 0 aliphatic rings. The van der Waals surface area contributed by atoms with Crippen LogP contribution in [0, 0.1) is 6.92 Å². The van der Waals surface area contributed by atoms with Crippen LogP contribution in [0.25, 0.3) is 0 Å². The minimum absolute atomic E-state index is 0.158. The fourth-order valence-electron chi connectivity index (χ4n) is 1.71. The zero-order valence-corrected chi connectivity index (χ0v) is 12.6. The molecule has 0 aromatic heterocycles. The Kier molecular flexibility index (Phi) is 5.01. The van der Waals surface area contributed by atoms with E-state index in [0.29, 0.717) is 16.5 Å². The maximum atomic E-state index is 11.8. The quantitative estimate of drug-likeness (QED) is 0.886. The fraction of sp³-hybridized carbons (Fsp3) is 0.125. The lowest BCUT2D eigenvalue weighted by molar-refractivity contribution is -0.118. The number of aryl methyl sites for hydroxylation is 1. The van der Waals surface area contributed by atoms with Gasteiger partial charge in [-0.25, -0.2) is 4.79 Å². The van der Waals surface area contributed by atoms with Crippen molar-refractivity contribution in [2.24, 2.45) is 0 Å². The van der Waals surface area contributed by atoms with Crippen LogP contribution in [0.2, 0.25) is 5.02 Å². The second kappa shape index (κ2) is 6.95. The highest BCUT2D eigenvalue weighted by atomic mass is 35.5. The molecule has 0 saturated heterocycles. The minimum Gasteiger partial charge on any atom is -0.484 e. The molecule has 2 N–H and O–H groups in total. The molecule has 0 bridgehead atoms. The summed E-state index contributed by atoms with van der Waals surface area (Å²) in [5.41, 5.74) is 1.67. The van der Waals surface area contributed by atoms with Crippen LogP contribution in [-0.2, 0) is 4.79 Å². The summed E-state index contributed by atoms with van der Waals surface area (Å²) in [7, 11) is 0. The van der Waals surface area contributed by atoms with Crippen molar-refractivity contribution in [1.82, 2.24) is 0 Å². The SMILES string of the molecule is Cc1ccc(NC(=O)COc2ccc(C(=O)O)cc2)cc1Cl. The van der Waals surface area contributed by atoms with E-state index < -0.39 is 5.97 Å². The van der Waals surface area contributed by atoms with Crippen molar-refractivity contribution in [1.29, 1.82) is 0 Å². The van der Waals surface area contributed by atoms with Crippen LogP contribution in [-0.4, -0.2) is 23.6 Å². The number of halogens is 1. The summed E-state index contributed by atoms with van der Waals surface area (Å²) in [4.78, 5) is 22.5. The van der Waals surface area contributed by atoms with Gasteiger partial charge in [0.2, 0.25) is 0 Å². The molecule has 0 aliphatic heterocycles. The molecule has 6 heteroatoms. The average molecular weight is 320 g/mol. The smallest absolute Gasteiger partial charge is 0.335 e. The Labute approximate surface area is 132 Å². The number of carboxylic acid groups (broad SMARTS) is 1. The van der Waals surface area contributed by atoms with Gasteiger partial charge in [-0.1, -0.05) is 17.7 Å². The maximum absolute atomic E-state index is 11.8. The highest BCUT2D eigenvalue weighted by Gasteiger charge is 2.06. The molecular formula is C16H14ClNO4. The Morgan fingerprint density at radius 3 is 2.45 bits per heavy atom. The number of benzene rings is 2. The summed E-state index contributed by atoms with van der Waals surface area (Å²) in [5.74, 6) is -0.926. The summed E-state index contributed by atoms with van der Waals surface area (Å²) in [6.07, 6.45) is 0. The Bertz CT molecular complexity index is 698. The summed E-state index contributed by atoms with van der Waals surface area (Å²) in [5, 5.41) is 12.0. The number of carbonyl (C=O) groups is 2. The minimum atomic E-state index is -1.01. The molecule has 0 saturated carbocycles. The third-order valence-electron chi connectivity index (χ3n) is 2.93. The van der Waals surface area contributed by atoms with Gasteiger partial charge in [-0.05, 0) is 48.9 Å². The van der Waals surface area contributed by atoms with E-state index in [-0.39, 0.29) is 18.1 Å². The van der Waals surface area contributed by atoms with Gasteiger partial charge in [-0.15, -0.1) is 0 Å². The molecule has 0 atom stereocenters. The van der Waals surface area contributed by atoms with Gasteiger partial charge in [0.05, 0.1) is 5.56 Å². The topological polar surface area (TPSA) is 75.6 Å². The predicted octanol–water partition coefficient (Wildman–Crippen LogP) is 3.36. The first-order valence-electron chi connectivity index (χ1n) is 6.48. The van der Waals surface area contributed by atoms with E-state index in [1.165, 1.54) is 24.3 Å². The second-order valence-electron chi connectivity index (χ2n) is 4.63. The molecule has 1 amide bonds. The molecule has 2 aromatic rings. The van der Waals surface area contributed by atoms with Crippen molar-refractivity contribution in [2.75, 3.05) is 11.9 Å². The van der Waals surface area contributed by atoms with Crippen molar-refractivity contribution in [3.63, 3.8) is 0 Å². The Morgan fingerprint density at radius 2 is 1.86 bits per heavy atom. The average Bonchev–Trinajstić information content (AvgIpc) is 2.49. The number of hydrogen-bond acceptors (Lipinski definition) is 3. The molecule has 0 spiro atoms. The Morgan fingerprint density at radius 1 is 1.18 bits per heavy atom. The van der Waals surface area contributed by atoms with Gasteiger partial charge in [-0.2, -0.15) is 0 Å². The van der Waals surface area contributed by atoms with Gasteiger partial charge in [-0.3, -0.25) is 4.79 Å². The maximum Gasteiger partial charge on any atom is 0.335 e. The predicted molar refractivity (Wildman–Crippen MR) is 83.7 cm³/mol. The number of hydrogen-bond donors (Lipinski definition) is 2. The van der Waals surface area contributed by atoms with Gasteiger partial charge in [0, 0.05) is 10.7 Å². The molecule has 0 heterocycles. The van der Waals surface area contributed by atoms with Crippen LogP contribution in [0.5, 0.6) is 5.75 Å². The van der Waals surface area contributed by atoms with Crippen molar-refractivity contribution >= 4 is 29.2 Å². The summed E-state index contributed by atoms with van der Waals surface area (Å²) < 4.78 is 5.29. The summed E-state index contributed by atoms with van der Waals surface area (Å²) in [6.45, 7) is 1.69. The molecular weight excluding hydrogens is 306 g/mol. The number of ether oxygens (including phenoxy) is 1. The fourth-order valence-corrected chi connectivity index (χ4v) is 1.89. The standard InChI is InChI=1S/C16H14ClNO4/c1-10-2-5-12(8-14(10)17)18-15(19)9-22-13-6-3-11(4-7-13)16(20)21/h2-8H,9H2,1H3,(H,18,19)(H,20,21). The number of carbonyl (C=O) groups excluding carboxylic acids is 1. The lowest BCUT2D eigenvalue weighted by Gasteiger charge is -2.08. The molecule has 2 rings (SSSR count). The summed E-state index contributed by atoms with van der Waals surface area (Å²) in [6, 6.07) is 11.0. The number of rotatable bonds is 5. The third kappa shape index (κ3) is 4.23. The van der Waals surface area contributed by atoms with Crippen LogP contribution in [0.15, 0.2) is 42.5 Å². The van der Waals surface area contributed by atoms with E-state index in [1.54, 1.807) is 12.1 Å². The van der Waals surface area contributed by atoms with E-state index in [2.05, 4.69) is 5.32 Å². The molecule has 0 radical (unpaired) electrons. The molecule has 0 fully saturated rings.